The molecule has 1 aliphatic heterocycles. The van der Waals surface area contributed by atoms with Crippen molar-refractivity contribution in [2.24, 2.45) is 0 Å². The molecule has 0 saturated heterocycles. The zero-order valence-corrected chi connectivity index (χ0v) is 9.68. The first-order valence-electron chi connectivity index (χ1n) is 4.88. The molecule has 1 atom stereocenters. The van der Waals surface area contributed by atoms with E-state index in [0.717, 1.165) is 4.57 Å². The van der Waals surface area contributed by atoms with Crippen LogP contribution in [0.25, 0.3) is 0 Å². The molecule has 0 fully saturated rings. The highest BCUT2D eigenvalue weighted by Gasteiger charge is 2.40. The SMILES string of the molecule is C=CCC1NCCn2c1nnc2C(F)(F)F.Cl. The Morgan fingerprint density at radius 1 is 1.47 bits per heavy atom. The molecule has 0 radical (unpaired) electrons. The monoisotopic (exact) mass is 268 g/mol. The summed E-state index contributed by atoms with van der Waals surface area (Å²) in [5.74, 6) is -0.587. The average Bonchev–Trinajstić information content (AvgIpc) is 2.62. The third kappa shape index (κ3) is 2.61. The van der Waals surface area contributed by atoms with Crippen molar-refractivity contribution >= 4 is 12.4 Å². The summed E-state index contributed by atoms with van der Waals surface area (Å²) >= 11 is 0. The van der Waals surface area contributed by atoms with Crippen molar-refractivity contribution in [2.45, 2.75) is 25.2 Å². The molecule has 0 amide bonds. The Hall–Kier alpha value is -1.08. The molecule has 96 valence electrons. The molecule has 1 aromatic heterocycles. The van der Waals surface area contributed by atoms with Gasteiger partial charge in [0.15, 0.2) is 5.82 Å². The summed E-state index contributed by atoms with van der Waals surface area (Å²) in [6.45, 7) is 4.28. The van der Waals surface area contributed by atoms with Gasteiger partial charge in [-0.05, 0) is 6.42 Å². The second kappa shape index (κ2) is 5.05. The van der Waals surface area contributed by atoms with Crippen LogP contribution in [0, 0.1) is 0 Å². The predicted octanol–water partition coefficient (Wildman–Crippen LogP) is 1.94. The Kier molecular flexibility index (Phi) is 4.16. The van der Waals surface area contributed by atoms with E-state index in [0.29, 0.717) is 18.8 Å². The van der Waals surface area contributed by atoms with Crippen molar-refractivity contribution in [1.82, 2.24) is 20.1 Å². The highest BCUT2D eigenvalue weighted by molar-refractivity contribution is 5.85. The van der Waals surface area contributed by atoms with Gasteiger partial charge < -0.3 is 9.88 Å². The number of aromatic nitrogens is 3. The van der Waals surface area contributed by atoms with Crippen molar-refractivity contribution in [1.29, 1.82) is 0 Å². The molecule has 0 spiro atoms. The Bertz CT molecular complexity index is 401. The number of nitrogens with one attached hydrogen (secondary N) is 1. The zero-order chi connectivity index (χ0) is 11.8. The third-order valence-electron chi connectivity index (χ3n) is 2.47. The molecule has 8 heteroatoms. The molecule has 1 unspecified atom stereocenters. The molecule has 2 heterocycles. The van der Waals surface area contributed by atoms with Crippen molar-refractivity contribution in [2.75, 3.05) is 6.54 Å². The lowest BCUT2D eigenvalue weighted by Gasteiger charge is -2.24. The second-order valence-electron chi connectivity index (χ2n) is 3.56. The summed E-state index contributed by atoms with van der Waals surface area (Å²) in [6.07, 6.45) is -2.26. The minimum Gasteiger partial charge on any atom is -0.305 e. The van der Waals surface area contributed by atoms with E-state index >= 15 is 0 Å². The van der Waals surface area contributed by atoms with Crippen molar-refractivity contribution in [3.63, 3.8) is 0 Å². The van der Waals surface area contributed by atoms with Crippen molar-refractivity contribution in [3.8, 4) is 0 Å². The quantitative estimate of drug-likeness (QED) is 0.834. The fourth-order valence-electron chi connectivity index (χ4n) is 1.80. The van der Waals surface area contributed by atoms with Crippen LogP contribution >= 0.6 is 12.4 Å². The number of rotatable bonds is 2. The van der Waals surface area contributed by atoms with Gasteiger partial charge in [0, 0.05) is 13.1 Å². The molecule has 1 aromatic rings. The van der Waals surface area contributed by atoms with E-state index in [1.807, 2.05) is 0 Å². The standard InChI is InChI=1S/C9H11F3N4.ClH/c1-2-3-6-7-14-15-8(9(10,11)12)16(7)5-4-13-6;/h2,6,13H,1,3-5H2;1H. The normalized spacial score (nSPS) is 19.4. The molecule has 1 N–H and O–H groups in total. The van der Waals surface area contributed by atoms with E-state index in [1.165, 1.54) is 0 Å². The van der Waals surface area contributed by atoms with E-state index < -0.39 is 12.0 Å². The van der Waals surface area contributed by atoms with Gasteiger partial charge in [0.25, 0.3) is 0 Å². The maximum absolute atomic E-state index is 12.6. The third-order valence-corrected chi connectivity index (χ3v) is 2.47. The highest BCUT2D eigenvalue weighted by atomic mass is 35.5. The Morgan fingerprint density at radius 3 is 2.76 bits per heavy atom. The van der Waals surface area contributed by atoms with Crippen LogP contribution in [-0.4, -0.2) is 21.3 Å². The molecule has 4 nitrogen and oxygen atoms in total. The largest absolute Gasteiger partial charge is 0.451 e. The van der Waals surface area contributed by atoms with E-state index in [2.05, 4.69) is 22.1 Å². The van der Waals surface area contributed by atoms with Gasteiger partial charge in [0.05, 0.1) is 6.04 Å². The Labute approximate surface area is 102 Å². The first kappa shape index (κ1) is 14.0. The summed E-state index contributed by atoms with van der Waals surface area (Å²) in [5, 5.41) is 9.90. The van der Waals surface area contributed by atoms with Gasteiger partial charge in [-0.2, -0.15) is 13.2 Å². The fraction of sp³-hybridized carbons (Fsp3) is 0.556. The number of halogens is 4. The van der Waals surface area contributed by atoms with E-state index in [-0.39, 0.29) is 25.0 Å². The summed E-state index contributed by atoms with van der Waals surface area (Å²) in [5.41, 5.74) is 0. The van der Waals surface area contributed by atoms with E-state index in [9.17, 15) is 13.2 Å². The molecule has 1 aliphatic rings. The highest BCUT2D eigenvalue weighted by Crippen LogP contribution is 2.30. The van der Waals surface area contributed by atoms with Gasteiger partial charge in [-0.3, -0.25) is 0 Å². The fourth-order valence-corrected chi connectivity index (χ4v) is 1.80. The Morgan fingerprint density at radius 2 is 2.18 bits per heavy atom. The van der Waals surface area contributed by atoms with Crippen molar-refractivity contribution in [3.05, 3.63) is 24.3 Å². The van der Waals surface area contributed by atoms with Crippen LogP contribution in [0.2, 0.25) is 0 Å². The maximum atomic E-state index is 12.6. The smallest absolute Gasteiger partial charge is 0.305 e. The second-order valence-corrected chi connectivity index (χ2v) is 3.56. The van der Waals surface area contributed by atoms with Crippen molar-refractivity contribution < 1.29 is 13.2 Å². The van der Waals surface area contributed by atoms with Crippen LogP contribution in [0.1, 0.15) is 24.1 Å². The van der Waals surface area contributed by atoms with Gasteiger partial charge in [-0.25, -0.2) is 0 Å². The first-order chi connectivity index (χ1) is 7.54. The van der Waals surface area contributed by atoms with Crippen LogP contribution in [-0.2, 0) is 12.7 Å². The first-order valence-corrected chi connectivity index (χ1v) is 4.88. The van der Waals surface area contributed by atoms with Crippen LogP contribution < -0.4 is 5.32 Å². The average molecular weight is 269 g/mol. The van der Waals surface area contributed by atoms with E-state index in [1.54, 1.807) is 6.08 Å². The predicted molar refractivity (Wildman–Crippen MR) is 57.8 cm³/mol. The lowest BCUT2D eigenvalue weighted by atomic mass is 10.1. The van der Waals surface area contributed by atoms with Gasteiger partial charge in [-0.1, -0.05) is 6.08 Å². The van der Waals surface area contributed by atoms with Gasteiger partial charge in [0.2, 0.25) is 5.82 Å². The minimum atomic E-state index is -4.44. The van der Waals surface area contributed by atoms with Crippen LogP contribution in [0.5, 0.6) is 0 Å². The molecular formula is C9H12ClF3N4. The zero-order valence-electron chi connectivity index (χ0n) is 8.87. The number of nitrogens with zero attached hydrogens (tertiary/aromatic N) is 3. The molecule has 17 heavy (non-hydrogen) atoms. The molecule has 0 bridgehead atoms. The minimum absolute atomic E-state index is 0. The summed E-state index contributed by atoms with van der Waals surface area (Å²) in [6, 6.07) is -0.227. The topological polar surface area (TPSA) is 42.7 Å². The molecule has 0 aliphatic carbocycles. The van der Waals surface area contributed by atoms with Crippen LogP contribution in [0.3, 0.4) is 0 Å². The number of alkyl halides is 3. The number of fused-ring (bicyclic) bond motifs is 1. The molecular weight excluding hydrogens is 257 g/mol. The summed E-state index contributed by atoms with van der Waals surface area (Å²) < 4.78 is 38.8. The maximum Gasteiger partial charge on any atom is 0.451 e. The van der Waals surface area contributed by atoms with Gasteiger partial charge in [0.1, 0.15) is 0 Å². The van der Waals surface area contributed by atoms with Crippen LogP contribution in [0.4, 0.5) is 13.2 Å². The summed E-state index contributed by atoms with van der Waals surface area (Å²) in [4.78, 5) is 0. The van der Waals surface area contributed by atoms with Crippen LogP contribution in [0.15, 0.2) is 12.7 Å². The van der Waals surface area contributed by atoms with Gasteiger partial charge in [-0.15, -0.1) is 29.2 Å². The number of hydrogen-bond donors (Lipinski definition) is 1. The van der Waals surface area contributed by atoms with Gasteiger partial charge >= 0.3 is 6.18 Å². The molecule has 0 aromatic carbocycles. The molecule has 2 rings (SSSR count). The number of hydrogen-bond acceptors (Lipinski definition) is 3. The lowest BCUT2D eigenvalue weighted by Crippen LogP contribution is -2.35. The lowest BCUT2D eigenvalue weighted by molar-refractivity contribution is -0.147. The van der Waals surface area contributed by atoms with E-state index in [4.69, 9.17) is 0 Å². The summed E-state index contributed by atoms with van der Waals surface area (Å²) in [7, 11) is 0. The Balaban J connectivity index is 0.00000144. The molecule has 0 saturated carbocycles.